The van der Waals surface area contributed by atoms with Gasteiger partial charge in [-0.05, 0) is 45.2 Å². The van der Waals surface area contributed by atoms with Crippen molar-refractivity contribution in [2.75, 3.05) is 13.1 Å². The lowest BCUT2D eigenvalue weighted by Crippen LogP contribution is -2.47. The highest BCUT2D eigenvalue weighted by Crippen LogP contribution is 2.17. The van der Waals surface area contributed by atoms with Gasteiger partial charge in [0.25, 0.3) is 0 Å². The minimum atomic E-state index is -1.22. The zero-order valence-corrected chi connectivity index (χ0v) is 10.7. The van der Waals surface area contributed by atoms with E-state index < -0.39 is 18.1 Å². The molecule has 0 aromatic heterocycles. The van der Waals surface area contributed by atoms with Crippen LogP contribution < -0.4 is 10.6 Å². The molecule has 0 spiro atoms. The Hall–Kier alpha value is -1.14. The van der Waals surface area contributed by atoms with Crippen molar-refractivity contribution >= 4 is 11.9 Å². The molecule has 1 rings (SSSR count). The maximum Gasteiger partial charge on any atom is 0.328 e. The zero-order chi connectivity index (χ0) is 13.5. The molecule has 18 heavy (non-hydrogen) atoms. The van der Waals surface area contributed by atoms with E-state index in [1.807, 2.05) is 0 Å². The Morgan fingerprint density at radius 1 is 1.39 bits per heavy atom. The van der Waals surface area contributed by atoms with Crippen molar-refractivity contribution in [1.29, 1.82) is 0 Å². The number of carboxylic acids is 1. The van der Waals surface area contributed by atoms with E-state index in [1.165, 1.54) is 6.92 Å². The molecule has 1 aliphatic heterocycles. The first-order chi connectivity index (χ1) is 8.50. The van der Waals surface area contributed by atoms with Gasteiger partial charge in [-0.3, -0.25) is 4.79 Å². The third kappa shape index (κ3) is 5.01. The molecule has 1 fully saturated rings. The third-order valence-electron chi connectivity index (χ3n) is 3.30. The largest absolute Gasteiger partial charge is 0.480 e. The molecule has 0 radical (unpaired) electrons. The molecule has 1 aliphatic rings. The lowest BCUT2D eigenvalue weighted by atomic mass is 9.93. The van der Waals surface area contributed by atoms with Crippen LogP contribution in [0.2, 0.25) is 0 Å². The minimum Gasteiger partial charge on any atom is -0.480 e. The van der Waals surface area contributed by atoms with Gasteiger partial charge in [0.1, 0.15) is 0 Å². The number of piperidine rings is 1. The molecule has 0 bridgehead atoms. The van der Waals surface area contributed by atoms with Gasteiger partial charge in [-0.15, -0.1) is 0 Å². The van der Waals surface area contributed by atoms with Gasteiger partial charge >= 0.3 is 5.97 Å². The van der Waals surface area contributed by atoms with Crippen LogP contribution in [-0.4, -0.2) is 47.3 Å². The Kier molecular flexibility index (Phi) is 6.07. The highest BCUT2D eigenvalue weighted by molar-refractivity contribution is 5.83. The van der Waals surface area contributed by atoms with Crippen LogP contribution in [0.5, 0.6) is 0 Å². The average Bonchev–Trinajstić information content (AvgIpc) is 2.34. The van der Waals surface area contributed by atoms with Crippen molar-refractivity contribution in [3.05, 3.63) is 0 Å². The van der Waals surface area contributed by atoms with Gasteiger partial charge in [0.15, 0.2) is 6.04 Å². The van der Waals surface area contributed by atoms with E-state index in [0.717, 1.165) is 32.4 Å². The van der Waals surface area contributed by atoms with Gasteiger partial charge < -0.3 is 20.8 Å². The molecule has 104 valence electrons. The average molecular weight is 258 g/mol. The van der Waals surface area contributed by atoms with E-state index in [0.29, 0.717) is 12.3 Å². The SMILES string of the molecule is C[C@@H](O)[C@H](NC(=O)CCC1CCNCC1)C(=O)O. The predicted molar refractivity (Wildman–Crippen MR) is 66.1 cm³/mol. The van der Waals surface area contributed by atoms with E-state index in [9.17, 15) is 14.7 Å². The van der Waals surface area contributed by atoms with Gasteiger partial charge in [-0.1, -0.05) is 0 Å². The van der Waals surface area contributed by atoms with Crippen molar-refractivity contribution in [2.45, 2.75) is 44.8 Å². The van der Waals surface area contributed by atoms with Crippen molar-refractivity contribution in [3.8, 4) is 0 Å². The smallest absolute Gasteiger partial charge is 0.328 e. The van der Waals surface area contributed by atoms with Crippen molar-refractivity contribution in [2.24, 2.45) is 5.92 Å². The highest BCUT2D eigenvalue weighted by atomic mass is 16.4. The van der Waals surface area contributed by atoms with E-state index in [2.05, 4.69) is 10.6 Å². The fourth-order valence-corrected chi connectivity index (χ4v) is 2.14. The van der Waals surface area contributed by atoms with E-state index in [4.69, 9.17) is 5.11 Å². The Balaban J connectivity index is 2.29. The number of aliphatic hydroxyl groups excluding tert-OH is 1. The lowest BCUT2D eigenvalue weighted by molar-refractivity contribution is -0.144. The summed E-state index contributed by atoms with van der Waals surface area (Å²) in [6.07, 6.45) is 2.13. The van der Waals surface area contributed by atoms with Crippen LogP contribution in [0, 0.1) is 5.92 Å². The normalized spacial score (nSPS) is 20.1. The molecule has 2 atom stereocenters. The number of hydrogen-bond donors (Lipinski definition) is 4. The third-order valence-corrected chi connectivity index (χ3v) is 3.30. The molecule has 0 aliphatic carbocycles. The summed E-state index contributed by atoms with van der Waals surface area (Å²) in [6, 6.07) is -1.22. The Bertz CT molecular complexity index is 288. The van der Waals surface area contributed by atoms with Gasteiger partial charge in [0, 0.05) is 6.42 Å². The first-order valence-corrected chi connectivity index (χ1v) is 6.41. The van der Waals surface area contributed by atoms with Crippen LogP contribution in [-0.2, 0) is 9.59 Å². The van der Waals surface area contributed by atoms with Gasteiger partial charge in [0.05, 0.1) is 6.10 Å². The topological polar surface area (TPSA) is 98.7 Å². The van der Waals surface area contributed by atoms with Crippen LogP contribution in [0.1, 0.15) is 32.6 Å². The Morgan fingerprint density at radius 3 is 2.50 bits per heavy atom. The van der Waals surface area contributed by atoms with Crippen LogP contribution >= 0.6 is 0 Å². The summed E-state index contributed by atoms with van der Waals surface area (Å²) in [4.78, 5) is 22.4. The van der Waals surface area contributed by atoms with Crippen LogP contribution in [0.4, 0.5) is 0 Å². The second-order valence-electron chi connectivity index (χ2n) is 4.86. The summed E-state index contributed by atoms with van der Waals surface area (Å²) in [7, 11) is 0. The van der Waals surface area contributed by atoms with Crippen molar-refractivity contribution in [1.82, 2.24) is 10.6 Å². The Morgan fingerprint density at radius 2 is 2.00 bits per heavy atom. The molecule has 1 heterocycles. The quantitative estimate of drug-likeness (QED) is 0.525. The molecular weight excluding hydrogens is 236 g/mol. The molecule has 6 nitrogen and oxygen atoms in total. The number of amides is 1. The summed E-state index contributed by atoms with van der Waals surface area (Å²) in [5, 5.41) is 23.7. The molecule has 6 heteroatoms. The maximum absolute atomic E-state index is 11.6. The summed E-state index contributed by atoms with van der Waals surface area (Å²) in [6.45, 7) is 3.32. The molecule has 1 amide bonds. The van der Waals surface area contributed by atoms with Crippen LogP contribution in [0.25, 0.3) is 0 Å². The number of nitrogens with one attached hydrogen (secondary N) is 2. The molecule has 1 saturated heterocycles. The van der Waals surface area contributed by atoms with E-state index in [1.54, 1.807) is 0 Å². The molecular formula is C12H22N2O4. The number of carbonyl (C=O) groups excluding carboxylic acids is 1. The van der Waals surface area contributed by atoms with Crippen LogP contribution in [0.3, 0.4) is 0 Å². The van der Waals surface area contributed by atoms with Gasteiger partial charge in [-0.25, -0.2) is 4.79 Å². The lowest BCUT2D eigenvalue weighted by Gasteiger charge is -2.23. The number of aliphatic carboxylic acids is 1. The van der Waals surface area contributed by atoms with E-state index in [-0.39, 0.29) is 5.91 Å². The molecule has 0 aromatic rings. The second kappa shape index (κ2) is 7.33. The standard InChI is InChI=1S/C12H22N2O4/c1-8(15)11(12(17)18)14-10(16)3-2-9-4-6-13-7-5-9/h8-9,11,13,15H,2-7H2,1H3,(H,14,16)(H,17,18)/t8-,11+/m1/s1. The highest BCUT2D eigenvalue weighted by Gasteiger charge is 2.25. The number of hydrogen-bond acceptors (Lipinski definition) is 4. The molecule has 0 unspecified atom stereocenters. The number of aliphatic hydroxyl groups is 1. The fraction of sp³-hybridized carbons (Fsp3) is 0.833. The van der Waals surface area contributed by atoms with E-state index >= 15 is 0 Å². The summed E-state index contributed by atoms with van der Waals surface area (Å²) < 4.78 is 0. The summed E-state index contributed by atoms with van der Waals surface area (Å²) in [5.41, 5.74) is 0. The summed E-state index contributed by atoms with van der Waals surface area (Å²) >= 11 is 0. The minimum absolute atomic E-state index is 0.304. The molecule has 0 saturated carbocycles. The van der Waals surface area contributed by atoms with Gasteiger partial charge in [0.2, 0.25) is 5.91 Å². The molecule has 0 aromatic carbocycles. The van der Waals surface area contributed by atoms with Crippen LogP contribution in [0.15, 0.2) is 0 Å². The first-order valence-electron chi connectivity index (χ1n) is 6.41. The fourth-order valence-electron chi connectivity index (χ4n) is 2.14. The maximum atomic E-state index is 11.6. The summed E-state index contributed by atoms with van der Waals surface area (Å²) in [5.74, 6) is -0.978. The van der Waals surface area contributed by atoms with Crippen molar-refractivity contribution < 1.29 is 19.8 Å². The number of carbonyl (C=O) groups is 2. The van der Waals surface area contributed by atoms with Crippen molar-refractivity contribution in [3.63, 3.8) is 0 Å². The first kappa shape index (κ1) is 14.9. The second-order valence-corrected chi connectivity index (χ2v) is 4.86. The zero-order valence-electron chi connectivity index (χ0n) is 10.7. The van der Waals surface area contributed by atoms with Gasteiger partial charge in [-0.2, -0.15) is 0 Å². The Labute approximate surface area is 107 Å². The molecule has 4 N–H and O–H groups in total. The number of rotatable bonds is 6. The predicted octanol–water partition coefficient (Wildman–Crippen LogP) is -0.284. The monoisotopic (exact) mass is 258 g/mol. The number of carboxylic acid groups (broad SMARTS) is 1.